The second-order valence-electron chi connectivity index (χ2n) is 3.96. The van der Waals surface area contributed by atoms with E-state index in [4.69, 9.17) is 10.2 Å². The van der Waals surface area contributed by atoms with Gasteiger partial charge in [0.1, 0.15) is 11.6 Å². The third kappa shape index (κ3) is 2.79. The van der Waals surface area contributed by atoms with Gasteiger partial charge in [-0.15, -0.1) is 0 Å². The Bertz CT molecular complexity index is 603. The van der Waals surface area contributed by atoms with Crippen LogP contribution in [0.15, 0.2) is 16.5 Å². The highest BCUT2D eigenvalue weighted by Gasteiger charge is 2.13. The Morgan fingerprint density at radius 1 is 1.42 bits per heavy atom. The summed E-state index contributed by atoms with van der Waals surface area (Å²) >= 11 is 0. The maximum absolute atomic E-state index is 10.6. The largest absolute Gasteiger partial charge is 0.444 e. The first-order valence-electron chi connectivity index (χ1n) is 5.55. The number of nitrogen functional groups attached to an aromatic ring is 1. The molecular formula is C11H13N5O3. The maximum Gasteiger partial charge on any atom is 0.311 e. The lowest BCUT2D eigenvalue weighted by molar-refractivity contribution is -0.384. The molecule has 2 aromatic heterocycles. The Labute approximate surface area is 108 Å². The van der Waals surface area contributed by atoms with E-state index in [-0.39, 0.29) is 11.5 Å². The minimum atomic E-state index is -0.576. The highest BCUT2D eigenvalue weighted by atomic mass is 16.6. The van der Waals surface area contributed by atoms with E-state index in [0.717, 1.165) is 11.5 Å². The molecule has 0 amide bonds. The van der Waals surface area contributed by atoms with Crippen molar-refractivity contribution in [2.75, 3.05) is 11.1 Å². The molecule has 2 aromatic rings. The summed E-state index contributed by atoms with van der Waals surface area (Å²) in [5, 5.41) is 13.5. The van der Waals surface area contributed by atoms with Gasteiger partial charge in [-0.3, -0.25) is 10.1 Å². The SMILES string of the molecule is Cc1nc(CNc2ccc([N+](=O)[O-])c(N)n2)oc1C. The fourth-order valence-corrected chi connectivity index (χ4v) is 1.50. The van der Waals surface area contributed by atoms with Crippen molar-refractivity contribution < 1.29 is 9.34 Å². The minimum Gasteiger partial charge on any atom is -0.444 e. The van der Waals surface area contributed by atoms with E-state index in [9.17, 15) is 10.1 Å². The van der Waals surface area contributed by atoms with Crippen LogP contribution in [0.1, 0.15) is 17.3 Å². The number of hydrogen-bond donors (Lipinski definition) is 2. The van der Waals surface area contributed by atoms with Gasteiger partial charge in [-0.2, -0.15) is 0 Å². The van der Waals surface area contributed by atoms with Gasteiger partial charge < -0.3 is 15.5 Å². The van der Waals surface area contributed by atoms with E-state index < -0.39 is 4.92 Å². The van der Waals surface area contributed by atoms with Crippen molar-refractivity contribution in [3.05, 3.63) is 39.6 Å². The first kappa shape index (κ1) is 12.8. The van der Waals surface area contributed by atoms with Crippen LogP contribution in [0.2, 0.25) is 0 Å². The van der Waals surface area contributed by atoms with Gasteiger partial charge in [0.25, 0.3) is 0 Å². The molecule has 0 saturated carbocycles. The number of hydrogen-bond acceptors (Lipinski definition) is 7. The molecule has 0 radical (unpaired) electrons. The molecule has 3 N–H and O–H groups in total. The molecule has 0 bridgehead atoms. The van der Waals surface area contributed by atoms with Crippen molar-refractivity contribution in [2.24, 2.45) is 0 Å². The van der Waals surface area contributed by atoms with E-state index in [0.29, 0.717) is 18.3 Å². The zero-order valence-electron chi connectivity index (χ0n) is 10.5. The van der Waals surface area contributed by atoms with Crippen molar-refractivity contribution in [2.45, 2.75) is 20.4 Å². The second-order valence-corrected chi connectivity index (χ2v) is 3.96. The molecule has 0 unspecified atom stereocenters. The highest BCUT2D eigenvalue weighted by molar-refractivity contribution is 5.57. The number of oxazole rings is 1. The smallest absolute Gasteiger partial charge is 0.311 e. The van der Waals surface area contributed by atoms with Crippen molar-refractivity contribution >= 4 is 17.3 Å². The van der Waals surface area contributed by atoms with E-state index in [1.165, 1.54) is 12.1 Å². The molecule has 2 rings (SSSR count). The summed E-state index contributed by atoms with van der Waals surface area (Å²) in [6.45, 7) is 4.01. The summed E-state index contributed by atoms with van der Waals surface area (Å²) in [6.07, 6.45) is 0. The van der Waals surface area contributed by atoms with E-state index in [1.54, 1.807) is 0 Å². The standard InChI is InChI=1S/C11H13N5O3/c1-6-7(2)19-10(14-6)5-13-9-4-3-8(16(17)18)11(12)15-9/h3-4H,5H2,1-2H3,(H3,12,13,15). The number of aryl methyl sites for hydroxylation is 2. The molecule has 0 saturated heterocycles. The molecule has 0 spiro atoms. The number of aromatic nitrogens is 2. The average molecular weight is 263 g/mol. The second kappa shape index (κ2) is 4.92. The Balaban J connectivity index is 2.08. The Morgan fingerprint density at radius 3 is 2.68 bits per heavy atom. The number of anilines is 2. The molecule has 0 aliphatic carbocycles. The highest BCUT2D eigenvalue weighted by Crippen LogP contribution is 2.21. The van der Waals surface area contributed by atoms with Crippen molar-refractivity contribution in [3.8, 4) is 0 Å². The van der Waals surface area contributed by atoms with Crippen LogP contribution in [0.3, 0.4) is 0 Å². The molecule has 2 heterocycles. The van der Waals surface area contributed by atoms with Crippen LogP contribution in [0.5, 0.6) is 0 Å². The lowest BCUT2D eigenvalue weighted by Gasteiger charge is -2.03. The molecule has 0 atom stereocenters. The fourth-order valence-electron chi connectivity index (χ4n) is 1.50. The van der Waals surface area contributed by atoms with Crippen LogP contribution in [-0.2, 0) is 6.54 Å². The van der Waals surface area contributed by atoms with Crippen molar-refractivity contribution in [1.29, 1.82) is 0 Å². The number of nitrogens with zero attached hydrogens (tertiary/aromatic N) is 3. The fraction of sp³-hybridized carbons (Fsp3) is 0.273. The van der Waals surface area contributed by atoms with E-state index >= 15 is 0 Å². The number of pyridine rings is 1. The summed E-state index contributed by atoms with van der Waals surface area (Å²) in [5.74, 6) is 1.58. The Hall–Kier alpha value is -2.64. The number of rotatable bonds is 4. The van der Waals surface area contributed by atoms with Gasteiger partial charge in [0, 0.05) is 6.07 Å². The van der Waals surface area contributed by atoms with Gasteiger partial charge in [0.2, 0.25) is 11.7 Å². The van der Waals surface area contributed by atoms with Gasteiger partial charge in [-0.05, 0) is 19.9 Å². The maximum atomic E-state index is 10.6. The van der Waals surface area contributed by atoms with Crippen LogP contribution in [0, 0.1) is 24.0 Å². The number of nitro groups is 1. The van der Waals surface area contributed by atoms with Gasteiger partial charge in [-0.1, -0.05) is 0 Å². The first-order chi connectivity index (χ1) is 8.97. The van der Waals surface area contributed by atoms with E-state index in [2.05, 4.69) is 15.3 Å². The van der Waals surface area contributed by atoms with Gasteiger partial charge >= 0.3 is 5.69 Å². The van der Waals surface area contributed by atoms with Gasteiger partial charge in [0.15, 0.2) is 0 Å². The van der Waals surface area contributed by atoms with Gasteiger partial charge in [-0.25, -0.2) is 9.97 Å². The van der Waals surface area contributed by atoms with Crippen LogP contribution in [-0.4, -0.2) is 14.9 Å². The molecule has 100 valence electrons. The predicted molar refractivity (Wildman–Crippen MR) is 68.6 cm³/mol. The lowest BCUT2D eigenvalue weighted by Crippen LogP contribution is -2.05. The minimum absolute atomic E-state index is 0.130. The number of nitrogens with two attached hydrogens (primary N) is 1. The van der Waals surface area contributed by atoms with Crippen LogP contribution in [0.25, 0.3) is 0 Å². The van der Waals surface area contributed by atoms with Crippen LogP contribution < -0.4 is 11.1 Å². The molecule has 0 aromatic carbocycles. The molecule has 0 aliphatic heterocycles. The predicted octanol–water partition coefficient (Wildman–Crippen LogP) is 1.79. The van der Waals surface area contributed by atoms with Crippen molar-refractivity contribution in [3.63, 3.8) is 0 Å². The molecule has 0 fully saturated rings. The number of nitrogens with one attached hydrogen (secondary N) is 1. The summed E-state index contributed by atoms with van der Waals surface area (Å²) in [6, 6.07) is 2.79. The van der Waals surface area contributed by atoms with Crippen LogP contribution >= 0.6 is 0 Å². The Kier molecular flexibility index (Phi) is 3.32. The quantitative estimate of drug-likeness (QED) is 0.637. The first-order valence-corrected chi connectivity index (χ1v) is 5.55. The molecule has 19 heavy (non-hydrogen) atoms. The summed E-state index contributed by atoms with van der Waals surface area (Å²) in [5.41, 5.74) is 6.10. The topological polar surface area (TPSA) is 120 Å². The molecular weight excluding hydrogens is 250 g/mol. The molecule has 8 heteroatoms. The molecule has 8 nitrogen and oxygen atoms in total. The Morgan fingerprint density at radius 2 is 2.16 bits per heavy atom. The average Bonchev–Trinajstić information content (AvgIpc) is 2.66. The zero-order chi connectivity index (χ0) is 14.0. The van der Waals surface area contributed by atoms with Gasteiger partial charge in [0.05, 0.1) is 17.2 Å². The summed E-state index contributed by atoms with van der Waals surface area (Å²) < 4.78 is 5.39. The summed E-state index contributed by atoms with van der Waals surface area (Å²) in [4.78, 5) is 18.1. The van der Waals surface area contributed by atoms with Crippen molar-refractivity contribution in [1.82, 2.24) is 9.97 Å². The third-order valence-corrected chi connectivity index (χ3v) is 2.59. The van der Waals surface area contributed by atoms with Crippen LogP contribution in [0.4, 0.5) is 17.3 Å². The zero-order valence-corrected chi connectivity index (χ0v) is 10.5. The van der Waals surface area contributed by atoms with E-state index in [1.807, 2.05) is 13.8 Å². The molecule has 0 aliphatic rings. The summed E-state index contributed by atoms with van der Waals surface area (Å²) in [7, 11) is 0. The third-order valence-electron chi connectivity index (χ3n) is 2.59. The monoisotopic (exact) mass is 263 g/mol. The normalized spacial score (nSPS) is 10.4. The lowest BCUT2D eigenvalue weighted by atomic mass is 10.4.